The molecule has 4 rings (SSSR count). The van der Waals surface area contributed by atoms with Crippen molar-refractivity contribution in [3.05, 3.63) is 73.0 Å². The fourth-order valence-corrected chi connectivity index (χ4v) is 3.25. The van der Waals surface area contributed by atoms with Crippen molar-refractivity contribution in [2.75, 3.05) is 21.2 Å². The van der Waals surface area contributed by atoms with Crippen molar-refractivity contribution in [2.45, 2.75) is 6.54 Å². The van der Waals surface area contributed by atoms with Crippen molar-refractivity contribution in [3.8, 4) is 17.4 Å². The number of nitrogens with zero attached hydrogens (tertiary/aromatic N) is 7. The van der Waals surface area contributed by atoms with E-state index in [1.54, 1.807) is 0 Å². The fourth-order valence-electron chi connectivity index (χ4n) is 3.25. The lowest BCUT2D eigenvalue weighted by Gasteiger charge is -2.12. The summed E-state index contributed by atoms with van der Waals surface area (Å²) in [5, 5.41) is 23.3. The number of aromatic amines is 1. The molecule has 0 aliphatic carbocycles. The highest BCUT2D eigenvalue weighted by atomic mass is 16.6. The zero-order chi connectivity index (χ0) is 23.0. The van der Waals surface area contributed by atoms with Crippen molar-refractivity contribution in [1.82, 2.24) is 34.4 Å². The molecular formula is C19H18N8O5. The average molecular weight is 438 g/mol. The number of nitro benzene ring substituents is 1. The molecule has 0 amide bonds. The summed E-state index contributed by atoms with van der Waals surface area (Å²) in [4.78, 5) is 41.0. The minimum absolute atomic E-state index is 0.0258. The molecule has 13 nitrogen and oxygen atoms in total. The number of hydrogen-bond donors (Lipinski definition) is 1. The van der Waals surface area contributed by atoms with Crippen LogP contribution in [0.4, 0.5) is 5.69 Å². The first-order chi connectivity index (χ1) is 15.3. The lowest BCUT2D eigenvalue weighted by atomic mass is 10.2. The first-order valence-electron chi connectivity index (χ1n) is 9.34. The SMILES string of the molecule is COc1ccc(-n2c(=O)[nH]c3nn(-c4ccc([N+](=O)[O-])cc4)c(CN(C)C)c3c2=O)nn1. The maximum Gasteiger partial charge on any atom is 0.336 e. The van der Waals surface area contributed by atoms with Crippen LogP contribution in [-0.4, -0.2) is 60.6 Å². The second-order valence-electron chi connectivity index (χ2n) is 7.10. The molecule has 0 saturated heterocycles. The Morgan fingerprint density at radius 1 is 1.12 bits per heavy atom. The van der Waals surface area contributed by atoms with Crippen LogP contribution in [0.2, 0.25) is 0 Å². The second kappa shape index (κ2) is 8.03. The summed E-state index contributed by atoms with van der Waals surface area (Å²) < 4.78 is 7.32. The third-order valence-corrected chi connectivity index (χ3v) is 4.66. The van der Waals surface area contributed by atoms with Crippen LogP contribution < -0.4 is 16.0 Å². The van der Waals surface area contributed by atoms with Crippen molar-refractivity contribution in [2.24, 2.45) is 0 Å². The largest absolute Gasteiger partial charge is 0.480 e. The van der Waals surface area contributed by atoms with E-state index in [2.05, 4.69) is 20.3 Å². The first kappa shape index (κ1) is 20.9. The van der Waals surface area contributed by atoms with Crippen molar-refractivity contribution in [3.63, 3.8) is 0 Å². The molecule has 4 aromatic rings. The van der Waals surface area contributed by atoms with Gasteiger partial charge in [0.15, 0.2) is 11.5 Å². The van der Waals surface area contributed by atoms with Crippen LogP contribution >= 0.6 is 0 Å². The molecule has 13 heteroatoms. The average Bonchev–Trinajstić information content (AvgIpc) is 3.11. The van der Waals surface area contributed by atoms with Gasteiger partial charge in [0.1, 0.15) is 5.39 Å². The molecule has 3 heterocycles. The number of H-pyrrole nitrogens is 1. The fraction of sp³-hybridized carbons (Fsp3) is 0.211. The van der Waals surface area contributed by atoms with Gasteiger partial charge in [0, 0.05) is 24.7 Å². The first-order valence-corrected chi connectivity index (χ1v) is 9.34. The van der Waals surface area contributed by atoms with Crippen LogP contribution in [0, 0.1) is 10.1 Å². The van der Waals surface area contributed by atoms with Crippen LogP contribution in [0.5, 0.6) is 5.88 Å². The van der Waals surface area contributed by atoms with Gasteiger partial charge in [-0.05, 0) is 32.3 Å². The number of nitrogens with one attached hydrogen (secondary N) is 1. The van der Waals surface area contributed by atoms with E-state index < -0.39 is 16.2 Å². The quantitative estimate of drug-likeness (QED) is 0.337. The minimum Gasteiger partial charge on any atom is -0.480 e. The third kappa shape index (κ3) is 3.60. The van der Waals surface area contributed by atoms with Gasteiger partial charge in [-0.15, -0.1) is 15.3 Å². The highest BCUT2D eigenvalue weighted by Crippen LogP contribution is 2.21. The lowest BCUT2D eigenvalue weighted by Crippen LogP contribution is -2.34. The molecule has 0 fully saturated rings. The summed E-state index contributed by atoms with van der Waals surface area (Å²) >= 11 is 0. The Morgan fingerprint density at radius 2 is 1.84 bits per heavy atom. The van der Waals surface area contributed by atoms with E-state index >= 15 is 0 Å². The molecule has 1 N–H and O–H groups in total. The van der Waals surface area contributed by atoms with Gasteiger partial charge >= 0.3 is 5.69 Å². The molecule has 3 aromatic heterocycles. The summed E-state index contributed by atoms with van der Waals surface area (Å²) in [6, 6.07) is 8.66. The molecule has 164 valence electrons. The molecular weight excluding hydrogens is 420 g/mol. The van der Waals surface area contributed by atoms with Gasteiger partial charge < -0.3 is 9.64 Å². The molecule has 0 unspecified atom stereocenters. The van der Waals surface area contributed by atoms with E-state index in [1.165, 1.54) is 48.2 Å². The van der Waals surface area contributed by atoms with Crippen LogP contribution in [0.15, 0.2) is 46.0 Å². The summed E-state index contributed by atoms with van der Waals surface area (Å²) in [6.45, 7) is 0.309. The Hall–Kier alpha value is -4.39. The maximum absolute atomic E-state index is 13.4. The van der Waals surface area contributed by atoms with E-state index in [0.29, 0.717) is 17.9 Å². The highest BCUT2D eigenvalue weighted by molar-refractivity contribution is 5.78. The van der Waals surface area contributed by atoms with Crippen LogP contribution in [-0.2, 0) is 6.54 Å². The number of aromatic nitrogens is 6. The lowest BCUT2D eigenvalue weighted by molar-refractivity contribution is -0.384. The van der Waals surface area contributed by atoms with E-state index in [1.807, 2.05) is 19.0 Å². The number of nitro groups is 1. The maximum atomic E-state index is 13.4. The molecule has 0 bridgehead atoms. The summed E-state index contributed by atoms with van der Waals surface area (Å²) in [5.74, 6) is 0.261. The van der Waals surface area contributed by atoms with Crippen molar-refractivity contribution in [1.29, 1.82) is 0 Å². The zero-order valence-electron chi connectivity index (χ0n) is 17.3. The Bertz CT molecular complexity index is 1420. The number of rotatable bonds is 6. The standard InChI is InChI=1S/C19H18N8O5/c1-24(2)10-13-16-17(23-26(13)11-4-6-12(7-5-11)27(30)31)20-19(29)25(18(16)28)14-8-9-15(32-3)22-21-14/h4-9H,10H2,1-3H3,(H,20,23,29). The Labute approximate surface area is 179 Å². The van der Waals surface area contributed by atoms with Crippen LogP contribution in [0.1, 0.15) is 5.69 Å². The predicted molar refractivity (Wildman–Crippen MR) is 113 cm³/mol. The van der Waals surface area contributed by atoms with E-state index in [0.717, 1.165) is 4.57 Å². The molecule has 0 radical (unpaired) electrons. The second-order valence-corrected chi connectivity index (χ2v) is 7.10. The van der Waals surface area contributed by atoms with E-state index in [9.17, 15) is 19.7 Å². The molecule has 0 spiro atoms. The third-order valence-electron chi connectivity index (χ3n) is 4.66. The number of fused-ring (bicyclic) bond motifs is 1. The van der Waals surface area contributed by atoms with E-state index in [-0.39, 0.29) is 28.4 Å². The summed E-state index contributed by atoms with van der Waals surface area (Å²) in [5.41, 5.74) is -0.337. The Morgan fingerprint density at radius 3 is 2.41 bits per heavy atom. The normalized spacial score (nSPS) is 11.2. The number of methoxy groups -OCH3 is 1. The summed E-state index contributed by atoms with van der Waals surface area (Å²) in [7, 11) is 5.06. The zero-order valence-corrected chi connectivity index (χ0v) is 17.3. The van der Waals surface area contributed by atoms with Crippen LogP contribution in [0.3, 0.4) is 0 Å². The molecule has 1 aromatic carbocycles. The molecule has 0 aliphatic rings. The Balaban J connectivity index is 1.97. The number of non-ortho nitro benzene ring substituents is 1. The topological polar surface area (TPSA) is 154 Å². The smallest absolute Gasteiger partial charge is 0.336 e. The van der Waals surface area contributed by atoms with Gasteiger partial charge in [-0.1, -0.05) is 0 Å². The van der Waals surface area contributed by atoms with Gasteiger partial charge in [-0.3, -0.25) is 19.9 Å². The van der Waals surface area contributed by atoms with Gasteiger partial charge in [0.2, 0.25) is 5.88 Å². The van der Waals surface area contributed by atoms with Gasteiger partial charge in [0.05, 0.1) is 23.4 Å². The molecule has 32 heavy (non-hydrogen) atoms. The van der Waals surface area contributed by atoms with Crippen LogP contribution in [0.25, 0.3) is 22.5 Å². The van der Waals surface area contributed by atoms with Gasteiger partial charge in [0.25, 0.3) is 11.2 Å². The molecule has 0 saturated carbocycles. The number of benzene rings is 1. The van der Waals surface area contributed by atoms with Gasteiger partial charge in [-0.25, -0.2) is 14.0 Å². The predicted octanol–water partition coefficient (Wildman–Crippen LogP) is 0.633. The minimum atomic E-state index is -0.730. The number of hydrogen-bond acceptors (Lipinski definition) is 9. The number of ether oxygens (including phenoxy) is 1. The molecule has 0 aliphatic heterocycles. The summed E-state index contributed by atoms with van der Waals surface area (Å²) in [6.07, 6.45) is 0. The Kier molecular flexibility index (Phi) is 5.24. The highest BCUT2D eigenvalue weighted by Gasteiger charge is 2.21. The monoisotopic (exact) mass is 438 g/mol. The van der Waals surface area contributed by atoms with E-state index in [4.69, 9.17) is 4.74 Å². The molecule has 0 atom stereocenters. The van der Waals surface area contributed by atoms with Crippen molar-refractivity contribution < 1.29 is 9.66 Å². The van der Waals surface area contributed by atoms with Gasteiger partial charge in [-0.2, -0.15) is 0 Å². The van der Waals surface area contributed by atoms with Crippen molar-refractivity contribution >= 4 is 16.7 Å².